The third-order valence-electron chi connectivity index (χ3n) is 3.76. The lowest BCUT2D eigenvalue weighted by molar-refractivity contribution is -0.132. The highest BCUT2D eigenvalue weighted by atomic mass is 16.2. The Balaban J connectivity index is 1.83. The molecule has 0 spiro atoms. The van der Waals surface area contributed by atoms with E-state index in [0.29, 0.717) is 6.42 Å². The Morgan fingerprint density at radius 3 is 2.83 bits per heavy atom. The molecule has 2 aliphatic rings. The third-order valence-corrected chi connectivity index (χ3v) is 3.76. The van der Waals surface area contributed by atoms with E-state index in [9.17, 15) is 9.59 Å². The number of hydrogen-bond acceptors (Lipinski definition) is 3. The SMILES string of the molecule is CC(NC1CCCNC(=O)C1)C(=O)N1CCCC1. The fourth-order valence-electron chi connectivity index (χ4n) is 2.75. The molecule has 0 aliphatic carbocycles. The molecule has 0 aromatic rings. The van der Waals surface area contributed by atoms with Crippen molar-refractivity contribution >= 4 is 11.8 Å². The van der Waals surface area contributed by atoms with Crippen molar-refractivity contribution in [2.45, 2.75) is 51.1 Å². The molecular formula is C13H23N3O2. The number of carbonyl (C=O) groups excluding carboxylic acids is 2. The number of amides is 2. The Morgan fingerprint density at radius 2 is 2.11 bits per heavy atom. The van der Waals surface area contributed by atoms with Gasteiger partial charge in [0, 0.05) is 32.1 Å². The van der Waals surface area contributed by atoms with Crippen LogP contribution < -0.4 is 10.6 Å². The highest BCUT2D eigenvalue weighted by molar-refractivity contribution is 5.82. The zero-order chi connectivity index (χ0) is 13.0. The summed E-state index contributed by atoms with van der Waals surface area (Å²) in [4.78, 5) is 25.5. The van der Waals surface area contributed by atoms with Gasteiger partial charge in [-0.3, -0.25) is 9.59 Å². The molecule has 0 radical (unpaired) electrons. The van der Waals surface area contributed by atoms with Crippen molar-refractivity contribution < 1.29 is 9.59 Å². The zero-order valence-corrected chi connectivity index (χ0v) is 11.1. The summed E-state index contributed by atoms with van der Waals surface area (Å²) in [6.07, 6.45) is 4.65. The molecule has 0 aromatic heterocycles. The van der Waals surface area contributed by atoms with Gasteiger partial charge < -0.3 is 15.5 Å². The summed E-state index contributed by atoms with van der Waals surface area (Å²) in [6.45, 7) is 4.43. The molecule has 5 nitrogen and oxygen atoms in total. The van der Waals surface area contributed by atoms with Crippen LogP contribution in [0.3, 0.4) is 0 Å². The molecule has 2 fully saturated rings. The van der Waals surface area contributed by atoms with E-state index in [0.717, 1.165) is 45.3 Å². The summed E-state index contributed by atoms with van der Waals surface area (Å²) in [6, 6.07) is -0.0481. The normalized spacial score (nSPS) is 26.6. The summed E-state index contributed by atoms with van der Waals surface area (Å²) in [5.74, 6) is 0.267. The lowest BCUT2D eigenvalue weighted by atomic mass is 10.1. The van der Waals surface area contributed by atoms with E-state index in [1.807, 2.05) is 11.8 Å². The van der Waals surface area contributed by atoms with Crippen LogP contribution in [0.1, 0.15) is 39.0 Å². The maximum absolute atomic E-state index is 12.1. The van der Waals surface area contributed by atoms with Crippen LogP contribution in [0.5, 0.6) is 0 Å². The second-order valence-corrected chi connectivity index (χ2v) is 5.31. The molecule has 5 heteroatoms. The lowest BCUT2D eigenvalue weighted by Crippen LogP contribution is -2.48. The highest BCUT2D eigenvalue weighted by Gasteiger charge is 2.26. The van der Waals surface area contributed by atoms with E-state index in [1.54, 1.807) is 0 Å². The molecular weight excluding hydrogens is 230 g/mol. The second kappa shape index (κ2) is 6.18. The van der Waals surface area contributed by atoms with Crippen molar-refractivity contribution in [2.75, 3.05) is 19.6 Å². The Labute approximate surface area is 108 Å². The first kappa shape index (κ1) is 13.3. The minimum atomic E-state index is -0.181. The van der Waals surface area contributed by atoms with Gasteiger partial charge in [0.25, 0.3) is 0 Å². The Hall–Kier alpha value is -1.10. The number of rotatable bonds is 3. The molecule has 2 amide bonds. The molecule has 2 heterocycles. The van der Waals surface area contributed by atoms with Gasteiger partial charge in [0.1, 0.15) is 0 Å². The van der Waals surface area contributed by atoms with Crippen LogP contribution in [-0.4, -0.2) is 48.4 Å². The molecule has 18 heavy (non-hydrogen) atoms. The van der Waals surface area contributed by atoms with E-state index >= 15 is 0 Å². The fraction of sp³-hybridized carbons (Fsp3) is 0.846. The van der Waals surface area contributed by atoms with Crippen LogP contribution in [0.25, 0.3) is 0 Å². The summed E-state index contributed by atoms with van der Waals surface area (Å²) >= 11 is 0. The van der Waals surface area contributed by atoms with Crippen LogP contribution in [-0.2, 0) is 9.59 Å². The van der Waals surface area contributed by atoms with Gasteiger partial charge >= 0.3 is 0 Å². The molecule has 102 valence electrons. The van der Waals surface area contributed by atoms with E-state index < -0.39 is 0 Å². The quantitative estimate of drug-likeness (QED) is 0.758. The average Bonchev–Trinajstić information content (AvgIpc) is 2.79. The molecule has 0 bridgehead atoms. The Bertz CT molecular complexity index is 313. The molecule has 2 atom stereocenters. The highest BCUT2D eigenvalue weighted by Crippen LogP contribution is 2.11. The summed E-state index contributed by atoms with van der Waals surface area (Å²) in [5, 5.41) is 6.17. The third kappa shape index (κ3) is 3.45. The summed E-state index contributed by atoms with van der Waals surface area (Å²) in [5.41, 5.74) is 0. The van der Waals surface area contributed by atoms with E-state index in [1.165, 1.54) is 0 Å². The largest absolute Gasteiger partial charge is 0.356 e. The first-order chi connectivity index (χ1) is 8.66. The predicted molar refractivity (Wildman–Crippen MR) is 69.1 cm³/mol. The van der Waals surface area contributed by atoms with Crippen LogP contribution in [0.15, 0.2) is 0 Å². The van der Waals surface area contributed by atoms with Gasteiger partial charge in [0.2, 0.25) is 11.8 Å². The molecule has 0 aromatic carbocycles. The number of hydrogen-bond donors (Lipinski definition) is 2. The van der Waals surface area contributed by atoms with Crippen molar-refractivity contribution in [2.24, 2.45) is 0 Å². The number of nitrogens with zero attached hydrogens (tertiary/aromatic N) is 1. The monoisotopic (exact) mass is 253 g/mol. The maximum atomic E-state index is 12.1. The zero-order valence-electron chi connectivity index (χ0n) is 11.1. The van der Waals surface area contributed by atoms with E-state index in [4.69, 9.17) is 0 Å². The number of carbonyl (C=O) groups is 2. The molecule has 2 rings (SSSR count). The van der Waals surface area contributed by atoms with Gasteiger partial charge in [-0.05, 0) is 32.6 Å². The molecule has 2 N–H and O–H groups in total. The predicted octanol–water partition coefficient (Wildman–Crippen LogP) is 0.256. The van der Waals surface area contributed by atoms with Crippen molar-refractivity contribution in [3.63, 3.8) is 0 Å². The van der Waals surface area contributed by atoms with Gasteiger partial charge in [0.05, 0.1) is 6.04 Å². The second-order valence-electron chi connectivity index (χ2n) is 5.31. The van der Waals surface area contributed by atoms with Crippen molar-refractivity contribution in [1.82, 2.24) is 15.5 Å². The van der Waals surface area contributed by atoms with Gasteiger partial charge in [0.15, 0.2) is 0 Å². The molecule has 0 saturated carbocycles. The maximum Gasteiger partial charge on any atom is 0.239 e. The standard InChI is InChI=1S/C13H23N3O2/c1-10(13(18)16-7-2-3-8-16)15-11-5-4-6-14-12(17)9-11/h10-11,15H,2-9H2,1H3,(H,14,17). The first-order valence-corrected chi connectivity index (χ1v) is 6.98. The minimum Gasteiger partial charge on any atom is -0.356 e. The van der Waals surface area contributed by atoms with Crippen molar-refractivity contribution in [3.05, 3.63) is 0 Å². The van der Waals surface area contributed by atoms with Gasteiger partial charge in [-0.25, -0.2) is 0 Å². The smallest absolute Gasteiger partial charge is 0.239 e. The van der Waals surface area contributed by atoms with Gasteiger partial charge in [-0.1, -0.05) is 0 Å². The van der Waals surface area contributed by atoms with Crippen molar-refractivity contribution in [1.29, 1.82) is 0 Å². The molecule has 2 saturated heterocycles. The minimum absolute atomic E-state index is 0.0887. The lowest BCUT2D eigenvalue weighted by Gasteiger charge is -2.25. The number of likely N-dealkylation sites (tertiary alicyclic amines) is 1. The molecule has 2 aliphatic heterocycles. The van der Waals surface area contributed by atoms with Crippen LogP contribution in [0, 0.1) is 0 Å². The van der Waals surface area contributed by atoms with Crippen LogP contribution in [0.4, 0.5) is 0 Å². The topological polar surface area (TPSA) is 61.4 Å². The fourth-order valence-corrected chi connectivity index (χ4v) is 2.75. The van der Waals surface area contributed by atoms with Crippen LogP contribution >= 0.6 is 0 Å². The van der Waals surface area contributed by atoms with E-state index in [2.05, 4.69) is 10.6 Å². The molecule has 2 unspecified atom stereocenters. The summed E-state index contributed by atoms with van der Waals surface area (Å²) < 4.78 is 0. The Kier molecular flexibility index (Phi) is 4.58. The van der Waals surface area contributed by atoms with Gasteiger partial charge in [-0.15, -0.1) is 0 Å². The summed E-state index contributed by atoms with van der Waals surface area (Å²) in [7, 11) is 0. The number of nitrogens with one attached hydrogen (secondary N) is 2. The van der Waals surface area contributed by atoms with Gasteiger partial charge in [-0.2, -0.15) is 0 Å². The van der Waals surface area contributed by atoms with Crippen LogP contribution in [0.2, 0.25) is 0 Å². The Morgan fingerprint density at radius 1 is 1.39 bits per heavy atom. The van der Waals surface area contributed by atoms with Crippen molar-refractivity contribution in [3.8, 4) is 0 Å². The first-order valence-electron chi connectivity index (χ1n) is 6.98. The van der Waals surface area contributed by atoms with E-state index in [-0.39, 0.29) is 23.9 Å². The average molecular weight is 253 g/mol.